The molecule has 24 heavy (non-hydrogen) atoms. The lowest BCUT2D eigenvalue weighted by molar-refractivity contribution is 0.244. The number of pyridine rings is 1. The van der Waals surface area contributed by atoms with Gasteiger partial charge in [0, 0.05) is 24.7 Å². The van der Waals surface area contributed by atoms with Gasteiger partial charge in [-0.2, -0.15) is 0 Å². The van der Waals surface area contributed by atoms with E-state index in [9.17, 15) is 0 Å². The van der Waals surface area contributed by atoms with E-state index in [1.54, 1.807) is 0 Å². The molecule has 1 heterocycles. The highest BCUT2D eigenvalue weighted by atomic mass is 15.2. The van der Waals surface area contributed by atoms with Crippen molar-refractivity contribution in [3.63, 3.8) is 0 Å². The highest BCUT2D eigenvalue weighted by Crippen LogP contribution is 2.43. The SMILES string of the molecule is CCNC(=NCc1ccccn1)NCC1(c2ccccc2)CCC1. The third-order valence-corrected chi connectivity index (χ3v) is 4.76. The van der Waals surface area contributed by atoms with Gasteiger partial charge < -0.3 is 10.6 Å². The monoisotopic (exact) mass is 322 g/mol. The van der Waals surface area contributed by atoms with Gasteiger partial charge >= 0.3 is 0 Å². The first-order valence-corrected chi connectivity index (χ1v) is 8.80. The summed E-state index contributed by atoms with van der Waals surface area (Å²) >= 11 is 0. The number of hydrogen-bond donors (Lipinski definition) is 2. The Bertz CT molecular complexity index is 648. The van der Waals surface area contributed by atoms with Gasteiger partial charge in [-0.3, -0.25) is 4.98 Å². The van der Waals surface area contributed by atoms with Crippen molar-refractivity contribution in [2.75, 3.05) is 13.1 Å². The molecule has 1 aromatic carbocycles. The quantitative estimate of drug-likeness (QED) is 0.634. The minimum Gasteiger partial charge on any atom is -0.357 e. The second kappa shape index (κ2) is 7.95. The number of aliphatic imine (C=N–C) groups is 1. The number of aromatic nitrogens is 1. The maximum Gasteiger partial charge on any atom is 0.191 e. The summed E-state index contributed by atoms with van der Waals surface area (Å²) in [4.78, 5) is 9.00. The summed E-state index contributed by atoms with van der Waals surface area (Å²) in [5.74, 6) is 0.866. The number of nitrogens with zero attached hydrogens (tertiary/aromatic N) is 2. The van der Waals surface area contributed by atoms with E-state index in [-0.39, 0.29) is 5.41 Å². The normalized spacial score (nSPS) is 16.3. The summed E-state index contributed by atoms with van der Waals surface area (Å²) in [7, 11) is 0. The van der Waals surface area contributed by atoms with E-state index in [1.807, 2.05) is 24.4 Å². The van der Waals surface area contributed by atoms with Crippen molar-refractivity contribution in [3.8, 4) is 0 Å². The van der Waals surface area contributed by atoms with E-state index in [2.05, 4.69) is 57.9 Å². The molecule has 4 nitrogen and oxygen atoms in total. The van der Waals surface area contributed by atoms with Crippen LogP contribution in [0.25, 0.3) is 0 Å². The lowest BCUT2D eigenvalue weighted by Gasteiger charge is -2.43. The molecule has 0 atom stereocenters. The molecule has 0 unspecified atom stereocenters. The third-order valence-electron chi connectivity index (χ3n) is 4.76. The van der Waals surface area contributed by atoms with Gasteiger partial charge in [-0.15, -0.1) is 0 Å². The Balaban J connectivity index is 1.65. The lowest BCUT2D eigenvalue weighted by Crippen LogP contribution is -2.48. The Labute approximate surface area is 144 Å². The van der Waals surface area contributed by atoms with Crippen molar-refractivity contribution < 1.29 is 0 Å². The molecule has 1 saturated carbocycles. The van der Waals surface area contributed by atoms with E-state index in [1.165, 1.54) is 24.8 Å². The van der Waals surface area contributed by atoms with Gasteiger partial charge in [-0.1, -0.05) is 42.8 Å². The molecular formula is C20H26N4. The fourth-order valence-corrected chi connectivity index (χ4v) is 3.21. The zero-order chi connectivity index (χ0) is 16.7. The standard InChI is InChI=1S/C20H26N4/c1-2-21-19(23-15-18-11-6-7-14-22-18)24-16-20(12-8-13-20)17-9-4-3-5-10-17/h3-7,9-11,14H,2,8,12-13,15-16H2,1H3,(H2,21,23,24). The van der Waals surface area contributed by atoms with Gasteiger partial charge in [0.25, 0.3) is 0 Å². The molecule has 0 aliphatic heterocycles. The van der Waals surface area contributed by atoms with Crippen molar-refractivity contribution in [2.24, 2.45) is 4.99 Å². The summed E-state index contributed by atoms with van der Waals surface area (Å²) in [6.07, 6.45) is 5.59. The van der Waals surface area contributed by atoms with Gasteiger partial charge in [0.1, 0.15) is 0 Å². The molecule has 2 N–H and O–H groups in total. The number of rotatable bonds is 6. The second-order valence-corrected chi connectivity index (χ2v) is 6.37. The summed E-state index contributed by atoms with van der Waals surface area (Å²) in [5.41, 5.74) is 2.67. The van der Waals surface area contributed by atoms with Crippen LogP contribution in [0, 0.1) is 0 Å². The predicted molar refractivity (Wildman–Crippen MR) is 99.0 cm³/mol. The van der Waals surface area contributed by atoms with Crippen LogP contribution in [0.3, 0.4) is 0 Å². The third kappa shape index (κ3) is 3.94. The van der Waals surface area contributed by atoms with Crippen LogP contribution in [0.4, 0.5) is 0 Å². The molecule has 1 fully saturated rings. The Hall–Kier alpha value is -2.36. The van der Waals surface area contributed by atoms with Crippen molar-refractivity contribution in [1.82, 2.24) is 15.6 Å². The number of benzene rings is 1. The van der Waals surface area contributed by atoms with E-state index < -0.39 is 0 Å². The first kappa shape index (κ1) is 16.5. The summed E-state index contributed by atoms with van der Waals surface area (Å²) in [5, 5.41) is 6.88. The van der Waals surface area contributed by atoms with Gasteiger partial charge in [0.2, 0.25) is 0 Å². The summed E-state index contributed by atoms with van der Waals surface area (Å²) in [6.45, 7) is 4.46. The number of hydrogen-bond acceptors (Lipinski definition) is 2. The van der Waals surface area contributed by atoms with E-state index in [4.69, 9.17) is 0 Å². The predicted octanol–water partition coefficient (Wildman–Crippen LogP) is 3.26. The van der Waals surface area contributed by atoms with E-state index in [0.717, 1.165) is 24.7 Å². The smallest absolute Gasteiger partial charge is 0.191 e. The molecule has 1 aliphatic rings. The molecule has 0 saturated heterocycles. The molecule has 126 valence electrons. The molecule has 1 aliphatic carbocycles. The van der Waals surface area contributed by atoms with Gasteiger partial charge in [0.15, 0.2) is 5.96 Å². The summed E-state index contributed by atoms with van der Waals surface area (Å²) < 4.78 is 0. The fraction of sp³-hybridized carbons (Fsp3) is 0.400. The lowest BCUT2D eigenvalue weighted by atomic mass is 9.64. The molecule has 0 amide bonds. The van der Waals surface area contributed by atoms with E-state index in [0.29, 0.717) is 6.54 Å². The highest BCUT2D eigenvalue weighted by Gasteiger charge is 2.38. The van der Waals surface area contributed by atoms with Gasteiger partial charge in [0.05, 0.1) is 12.2 Å². The first-order chi connectivity index (χ1) is 11.8. The minimum atomic E-state index is 0.252. The minimum absolute atomic E-state index is 0.252. The van der Waals surface area contributed by atoms with Crippen LogP contribution >= 0.6 is 0 Å². The van der Waals surface area contributed by atoms with Crippen molar-refractivity contribution in [3.05, 3.63) is 66.0 Å². The van der Waals surface area contributed by atoms with Gasteiger partial charge in [-0.25, -0.2) is 4.99 Å². The fourth-order valence-electron chi connectivity index (χ4n) is 3.21. The summed E-state index contributed by atoms with van der Waals surface area (Å²) in [6, 6.07) is 16.8. The molecule has 0 spiro atoms. The van der Waals surface area contributed by atoms with Crippen LogP contribution < -0.4 is 10.6 Å². The Morgan fingerprint density at radius 3 is 2.50 bits per heavy atom. The molecule has 2 aromatic rings. The van der Waals surface area contributed by atoms with Crippen molar-refractivity contribution in [1.29, 1.82) is 0 Å². The average Bonchev–Trinajstić information content (AvgIpc) is 2.60. The molecular weight excluding hydrogens is 296 g/mol. The van der Waals surface area contributed by atoms with Crippen molar-refractivity contribution >= 4 is 5.96 Å². The average molecular weight is 322 g/mol. The molecule has 0 radical (unpaired) electrons. The second-order valence-electron chi connectivity index (χ2n) is 6.37. The molecule has 1 aromatic heterocycles. The highest BCUT2D eigenvalue weighted by molar-refractivity contribution is 5.79. The maximum absolute atomic E-state index is 4.67. The maximum atomic E-state index is 4.67. The van der Waals surface area contributed by atoms with Crippen LogP contribution in [0.5, 0.6) is 0 Å². The topological polar surface area (TPSA) is 49.3 Å². The zero-order valence-corrected chi connectivity index (χ0v) is 14.3. The number of guanidine groups is 1. The molecule has 3 rings (SSSR count). The number of nitrogens with one attached hydrogen (secondary N) is 2. The van der Waals surface area contributed by atoms with Crippen LogP contribution in [0.1, 0.15) is 37.4 Å². The van der Waals surface area contributed by atoms with Gasteiger partial charge in [-0.05, 0) is 37.5 Å². The molecule has 4 heteroatoms. The van der Waals surface area contributed by atoms with Crippen LogP contribution in [-0.4, -0.2) is 24.0 Å². The Morgan fingerprint density at radius 1 is 1.08 bits per heavy atom. The van der Waals surface area contributed by atoms with Crippen LogP contribution in [-0.2, 0) is 12.0 Å². The Morgan fingerprint density at radius 2 is 1.88 bits per heavy atom. The van der Waals surface area contributed by atoms with Crippen molar-refractivity contribution in [2.45, 2.75) is 38.1 Å². The van der Waals surface area contributed by atoms with Crippen LogP contribution in [0.2, 0.25) is 0 Å². The van der Waals surface area contributed by atoms with E-state index >= 15 is 0 Å². The first-order valence-electron chi connectivity index (χ1n) is 8.80. The molecule has 0 bridgehead atoms. The van der Waals surface area contributed by atoms with Crippen LogP contribution in [0.15, 0.2) is 59.7 Å². The zero-order valence-electron chi connectivity index (χ0n) is 14.3. The largest absolute Gasteiger partial charge is 0.357 e. The Kier molecular flexibility index (Phi) is 5.47.